The molecule has 1 saturated carbocycles. The lowest BCUT2D eigenvalue weighted by atomic mass is 10.1. The van der Waals surface area contributed by atoms with E-state index in [0.717, 1.165) is 16.2 Å². The molecular weight excluding hydrogens is 350 g/mol. The second kappa shape index (κ2) is 6.25. The van der Waals surface area contributed by atoms with Gasteiger partial charge in [-0.25, -0.2) is 17.2 Å². The maximum Gasteiger partial charge on any atom is 0.286 e. The first kappa shape index (κ1) is 17.6. The van der Waals surface area contributed by atoms with Gasteiger partial charge in [-0.3, -0.25) is 9.52 Å². The summed E-state index contributed by atoms with van der Waals surface area (Å²) in [6.45, 7) is 1.75. The maximum atomic E-state index is 14.2. The molecule has 0 bridgehead atoms. The molecule has 1 heterocycles. The van der Waals surface area contributed by atoms with Crippen molar-refractivity contribution >= 4 is 15.7 Å². The van der Waals surface area contributed by atoms with Crippen LogP contribution in [0.3, 0.4) is 0 Å². The van der Waals surface area contributed by atoms with Crippen LogP contribution in [0.2, 0.25) is 0 Å². The molecule has 0 spiro atoms. The van der Waals surface area contributed by atoms with Crippen molar-refractivity contribution in [2.24, 2.45) is 7.05 Å². The van der Waals surface area contributed by atoms with E-state index in [9.17, 15) is 22.0 Å². The lowest BCUT2D eigenvalue weighted by molar-refractivity contribution is 0.581. The van der Waals surface area contributed by atoms with E-state index in [1.165, 1.54) is 13.1 Å². The average molecular weight is 368 g/mol. The fourth-order valence-corrected chi connectivity index (χ4v) is 4.04. The molecule has 1 aliphatic rings. The SMILES string of the molecule is Cc1ccc(Cc2c(NS(=O)(=O)C3CC3)cc(F)c(=O)n2C)c(F)c1. The number of rotatable bonds is 5. The smallest absolute Gasteiger partial charge is 0.286 e. The summed E-state index contributed by atoms with van der Waals surface area (Å²) in [5.41, 5.74) is 0.310. The normalized spacial score (nSPS) is 14.6. The van der Waals surface area contributed by atoms with Gasteiger partial charge in [-0.15, -0.1) is 0 Å². The number of anilines is 1. The first-order valence-electron chi connectivity index (χ1n) is 7.84. The molecule has 0 saturated heterocycles. The molecule has 0 amide bonds. The zero-order valence-corrected chi connectivity index (χ0v) is 14.7. The second-order valence-electron chi connectivity index (χ2n) is 6.33. The van der Waals surface area contributed by atoms with Gasteiger partial charge in [-0.2, -0.15) is 0 Å². The van der Waals surface area contributed by atoms with Crippen LogP contribution in [0.4, 0.5) is 14.5 Å². The Morgan fingerprint density at radius 3 is 2.48 bits per heavy atom. The quantitative estimate of drug-likeness (QED) is 0.882. The molecule has 1 aromatic heterocycles. The molecule has 0 unspecified atom stereocenters. The number of pyridine rings is 1. The molecular formula is C17H18F2N2O3S. The highest BCUT2D eigenvalue weighted by Crippen LogP contribution is 2.31. The lowest BCUT2D eigenvalue weighted by Gasteiger charge is -2.16. The Morgan fingerprint density at radius 2 is 1.88 bits per heavy atom. The van der Waals surface area contributed by atoms with E-state index >= 15 is 0 Å². The number of aryl methyl sites for hydroxylation is 1. The molecule has 1 N–H and O–H groups in total. The van der Waals surface area contributed by atoms with Gasteiger partial charge in [0.2, 0.25) is 10.0 Å². The van der Waals surface area contributed by atoms with Crippen LogP contribution in [0.1, 0.15) is 29.7 Å². The fraction of sp³-hybridized carbons (Fsp3) is 0.353. The van der Waals surface area contributed by atoms with E-state index < -0.39 is 32.5 Å². The molecule has 8 heteroatoms. The molecule has 1 aliphatic carbocycles. The van der Waals surface area contributed by atoms with Crippen molar-refractivity contribution in [3.8, 4) is 0 Å². The molecule has 0 aliphatic heterocycles. The summed E-state index contributed by atoms with van der Waals surface area (Å²) in [6, 6.07) is 5.50. The van der Waals surface area contributed by atoms with E-state index in [1.54, 1.807) is 19.1 Å². The number of hydrogen-bond acceptors (Lipinski definition) is 3. The molecule has 1 aromatic carbocycles. The Kier molecular flexibility index (Phi) is 4.40. The molecule has 134 valence electrons. The van der Waals surface area contributed by atoms with Crippen LogP contribution in [0.25, 0.3) is 0 Å². The van der Waals surface area contributed by atoms with Gasteiger partial charge in [-0.1, -0.05) is 12.1 Å². The highest BCUT2D eigenvalue weighted by atomic mass is 32.2. The van der Waals surface area contributed by atoms with E-state index in [2.05, 4.69) is 4.72 Å². The summed E-state index contributed by atoms with van der Waals surface area (Å²) in [6.07, 6.45) is 1.05. The van der Waals surface area contributed by atoms with Gasteiger partial charge in [0.1, 0.15) is 5.82 Å². The zero-order chi connectivity index (χ0) is 18.4. The summed E-state index contributed by atoms with van der Waals surface area (Å²) in [5.74, 6) is -1.53. The van der Waals surface area contributed by atoms with Crippen LogP contribution in [0.5, 0.6) is 0 Å². The highest BCUT2D eigenvalue weighted by molar-refractivity contribution is 7.93. The van der Waals surface area contributed by atoms with Crippen molar-refractivity contribution in [1.29, 1.82) is 0 Å². The van der Waals surface area contributed by atoms with Gasteiger partial charge in [0.15, 0.2) is 5.82 Å². The van der Waals surface area contributed by atoms with Gasteiger partial charge in [0.25, 0.3) is 5.56 Å². The number of hydrogen-bond donors (Lipinski definition) is 1. The third kappa shape index (κ3) is 3.58. The molecule has 5 nitrogen and oxygen atoms in total. The summed E-state index contributed by atoms with van der Waals surface area (Å²) < 4.78 is 55.8. The van der Waals surface area contributed by atoms with Crippen LogP contribution in [-0.2, 0) is 23.5 Å². The number of halogens is 2. The fourth-order valence-electron chi connectivity index (χ4n) is 2.63. The third-order valence-electron chi connectivity index (χ3n) is 4.28. The first-order chi connectivity index (χ1) is 11.7. The maximum absolute atomic E-state index is 14.2. The minimum absolute atomic E-state index is 0.0357. The van der Waals surface area contributed by atoms with Crippen LogP contribution >= 0.6 is 0 Å². The van der Waals surface area contributed by atoms with Crippen LogP contribution < -0.4 is 10.3 Å². The Bertz CT molecular complexity index is 996. The summed E-state index contributed by atoms with van der Waals surface area (Å²) in [5, 5.41) is -0.503. The predicted molar refractivity (Wildman–Crippen MR) is 91.1 cm³/mol. The molecule has 2 aromatic rings. The van der Waals surface area contributed by atoms with Crippen molar-refractivity contribution in [1.82, 2.24) is 4.57 Å². The van der Waals surface area contributed by atoms with Gasteiger partial charge in [-0.05, 0) is 37.0 Å². The van der Waals surface area contributed by atoms with Gasteiger partial charge < -0.3 is 4.57 Å². The number of sulfonamides is 1. The third-order valence-corrected chi connectivity index (χ3v) is 6.13. The molecule has 0 radical (unpaired) electrons. The molecule has 1 fully saturated rings. The van der Waals surface area contributed by atoms with Crippen molar-refractivity contribution < 1.29 is 17.2 Å². The minimum Gasteiger partial charge on any atom is -0.311 e. The van der Waals surface area contributed by atoms with Crippen molar-refractivity contribution in [3.05, 3.63) is 63.1 Å². The van der Waals surface area contributed by atoms with Gasteiger partial charge >= 0.3 is 0 Å². The minimum atomic E-state index is -3.64. The Morgan fingerprint density at radius 1 is 1.20 bits per heavy atom. The number of nitrogens with one attached hydrogen (secondary N) is 1. The highest BCUT2D eigenvalue weighted by Gasteiger charge is 2.36. The van der Waals surface area contributed by atoms with Gasteiger partial charge in [0.05, 0.1) is 10.9 Å². The molecule has 25 heavy (non-hydrogen) atoms. The van der Waals surface area contributed by atoms with E-state index in [1.807, 2.05) is 0 Å². The van der Waals surface area contributed by atoms with Crippen molar-refractivity contribution in [2.45, 2.75) is 31.4 Å². The summed E-state index contributed by atoms with van der Waals surface area (Å²) >= 11 is 0. The number of benzene rings is 1. The zero-order valence-electron chi connectivity index (χ0n) is 13.8. The van der Waals surface area contributed by atoms with Crippen molar-refractivity contribution in [3.63, 3.8) is 0 Å². The standard InChI is InChI=1S/C17H18F2N2O3S/c1-10-3-4-11(13(18)7-10)8-16-15(9-14(19)17(22)21(16)2)20-25(23,24)12-5-6-12/h3-4,7,9,12,20H,5-6,8H2,1-2H3. The Balaban J connectivity index is 2.07. The van der Waals surface area contributed by atoms with Gasteiger partial charge in [0, 0.05) is 25.2 Å². The average Bonchev–Trinajstić information content (AvgIpc) is 3.36. The molecule has 0 atom stereocenters. The largest absolute Gasteiger partial charge is 0.311 e. The first-order valence-corrected chi connectivity index (χ1v) is 9.38. The topological polar surface area (TPSA) is 68.2 Å². The second-order valence-corrected chi connectivity index (χ2v) is 8.30. The predicted octanol–water partition coefficient (Wildman–Crippen LogP) is 2.47. The van der Waals surface area contributed by atoms with Crippen LogP contribution in [0.15, 0.2) is 29.1 Å². The van der Waals surface area contributed by atoms with Crippen LogP contribution in [-0.4, -0.2) is 18.2 Å². The van der Waals surface area contributed by atoms with E-state index in [4.69, 9.17) is 0 Å². The number of aromatic nitrogens is 1. The van der Waals surface area contributed by atoms with E-state index in [0.29, 0.717) is 18.4 Å². The van der Waals surface area contributed by atoms with Crippen LogP contribution in [0, 0.1) is 18.6 Å². The molecule has 3 rings (SSSR count). The van der Waals surface area contributed by atoms with E-state index in [-0.39, 0.29) is 17.8 Å². The summed E-state index contributed by atoms with van der Waals surface area (Å²) in [7, 11) is -2.31. The Labute approximate surface area is 144 Å². The number of nitrogens with zero attached hydrogens (tertiary/aromatic N) is 1. The lowest BCUT2D eigenvalue weighted by Crippen LogP contribution is -2.27. The Hall–Kier alpha value is -2.22. The monoisotopic (exact) mass is 368 g/mol. The van der Waals surface area contributed by atoms with Crippen molar-refractivity contribution in [2.75, 3.05) is 4.72 Å². The summed E-state index contributed by atoms with van der Waals surface area (Å²) in [4.78, 5) is 11.9.